The van der Waals surface area contributed by atoms with Gasteiger partial charge in [-0.3, -0.25) is 25.0 Å². The molecule has 4 unspecified atom stereocenters. The lowest BCUT2D eigenvalue weighted by Crippen LogP contribution is -2.52. The van der Waals surface area contributed by atoms with E-state index in [4.69, 9.17) is 34.8 Å². The third-order valence-electron chi connectivity index (χ3n) is 4.43. The van der Waals surface area contributed by atoms with E-state index in [1.54, 1.807) is 0 Å². The fourth-order valence-corrected chi connectivity index (χ4v) is 4.07. The van der Waals surface area contributed by atoms with Gasteiger partial charge in [0.05, 0.1) is 21.9 Å². The molecular weight excluding hydrogens is 367 g/mol. The van der Waals surface area contributed by atoms with Crippen LogP contribution in [0.4, 0.5) is 0 Å². The predicted octanol–water partition coefficient (Wildman–Crippen LogP) is 2.02. The van der Waals surface area contributed by atoms with Gasteiger partial charge in [0, 0.05) is 11.1 Å². The minimum Gasteiger partial charge on any atom is -0.480 e. The zero-order valence-corrected chi connectivity index (χ0v) is 14.0. The predicted molar refractivity (Wildman–Crippen MR) is 83.5 cm³/mol. The second kappa shape index (κ2) is 5.34. The van der Waals surface area contributed by atoms with E-state index < -0.39 is 41.2 Å². The molecule has 0 saturated carbocycles. The number of rotatable bonds is 2. The number of hydrogen-bond donors (Lipinski definition) is 3. The topological polar surface area (TPSA) is 95.5 Å². The van der Waals surface area contributed by atoms with Crippen molar-refractivity contribution >= 4 is 52.6 Å². The summed E-state index contributed by atoms with van der Waals surface area (Å²) in [4.78, 5) is 35.9. The van der Waals surface area contributed by atoms with Gasteiger partial charge in [0.2, 0.25) is 11.8 Å². The number of amides is 2. The van der Waals surface area contributed by atoms with E-state index >= 15 is 0 Å². The maximum absolute atomic E-state index is 12.2. The summed E-state index contributed by atoms with van der Waals surface area (Å²) >= 11 is 18.2. The maximum atomic E-state index is 12.2. The quantitative estimate of drug-likeness (QED) is 0.541. The Labute approximate surface area is 146 Å². The number of hydrogen-bond acceptors (Lipinski definition) is 4. The highest BCUT2D eigenvalue weighted by Gasteiger charge is 2.64. The summed E-state index contributed by atoms with van der Waals surface area (Å²) in [5, 5.41) is 15.2. The first-order valence-electron chi connectivity index (χ1n) is 6.67. The summed E-state index contributed by atoms with van der Waals surface area (Å²) in [7, 11) is 0. The molecule has 1 aromatic rings. The number of benzene rings is 1. The molecule has 3 rings (SSSR count). The van der Waals surface area contributed by atoms with Gasteiger partial charge in [-0.2, -0.15) is 0 Å². The monoisotopic (exact) mass is 376 g/mol. The largest absolute Gasteiger partial charge is 0.480 e. The molecule has 0 aromatic heterocycles. The van der Waals surface area contributed by atoms with Gasteiger partial charge >= 0.3 is 5.97 Å². The van der Waals surface area contributed by atoms with Gasteiger partial charge in [0.25, 0.3) is 0 Å². The third kappa shape index (κ3) is 2.32. The van der Waals surface area contributed by atoms with E-state index in [0.29, 0.717) is 10.6 Å². The molecule has 0 spiro atoms. The Hall–Kier alpha value is -1.34. The molecule has 1 aromatic carbocycles. The van der Waals surface area contributed by atoms with Gasteiger partial charge in [0.1, 0.15) is 5.54 Å². The second-order valence-electron chi connectivity index (χ2n) is 5.78. The third-order valence-corrected chi connectivity index (χ3v) is 5.46. The second-order valence-corrected chi connectivity index (χ2v) is 7.00. The summed E-state index contributed by atoms with van der Waals surface area (Å²) < 4.78 is 0. The van der Waals surface area contributed by atoms with Gasteiger partial charge in [-0.25, -0.2) is 0 Å². The van der Waals surface area contributed by atoms with E-state index in [1.807, 2.05) is 0 Å². The molecule has 2 aliphatic rings. The number of imide groups is 1. The van der Waals surface area contributed by atoms with Crippen LogP contribution < -0.4 is 10.6 Å². The van der Waals surface area contributed by atoms with Crippen molar-refractivity contribution in [2.75, 3.05) is 0 Å². The zero-order valence-electron chi connectivity index (χ0n) is 11.7. The number of carbonyl (C=O) groups excluding carboxylic acids is 2. The molecule has 2 aliphatic heterocycles. The molecule has 122 valence electrons. The van der Waals surface area contributed by atoms with Crippen LogP contribution in [0.25, 0.3) is 0 Å². The number of carboxylic acids is 1. The smallest absolute Gasteiger partial charge is 0.324 e. The minimum atomic E-state index is -1.61. The van der Waals surface area contributed by atoms with E-state index in [-0.39, 0.29) is 10.0 Å². The molecule has 6 nitrogen and oxygen atoms in total. The average molecular weight is 378 g/mol. The standard InChI is InChI=1S/C14H11Cl3N2O4/c1-14(13(22)23)8-7(11(20)18-12(8)21)10(19-14)5-2-4(15)3-6(16)9(5)17/h2-3,7-8,10,19H,1H3,(H,22,23)(H,18,20,21). The summed E-state index contributed by atoms with van der Waals surface area (Å²) in [5.41, 5.74) is -1.22. The Bertz CT molecular complexity index is 754. The number of carbonyl (C=O) groups is 3. The van der Waals surface area contributed by atoms with Gasteiger partial charge < -0.3 is 5.11 Å². The van der Waals surface area contributed by atoms with Gasteiger partial charge in [-0.05, 0) is 24.6 Å². The highest BCUT2D eigenvalue weighted by molar-refractivity contribution is 6.43. The molecule has 9 heteroatoms. The molecule has 2 amide bonds. The van der Waals surface area contributed by atoms with Crippen LogP contribution in [-0.4, -0.2) is 28.4 Å². The van der Waals surface area contributed by atoms with Crippen LogP contribution >= 0.6 is 34.8 Å². The molecule has 3 N–H and O–H groups in total. The summed E-state index contributed by atoms with van der Waals surface area (Å²) in [6, 6.07) is 2.16. The minimum absolute atomic E-state index is 0.161. The zero-order chi connectivity index (χ0) is 17.1. The van der Waals surface area contributed by atoms with Crippen molar-refractivity contribution in [1.29, 1.82) is 0 Å². The Morgan fingerprint density at radius 1 is 1.22 bits per heavy atom. The van der Waals surface area contributed by atoms with Crippen LogP contribution in [0, 0.1) is 11.8 Å². The van der Waals surface area contributed by atoms with Crippen molar-refractivity contribution in [1.82, 2.24) is 10.6 Å². The normalized spacial score (nSPS) is 32.8. The lowest BCUT2D eigenvalue weighted by molar-refractivity contribution is -0.148. The first-order valence-corrected chi connectivity index (χ1v) is 7.80. The van der Waals surface area contributed by atoms with Crippen LogP contribution in [0.15, 0.2) is 12.1 Å². The van der Waals surface area contributed by atoms with Crippen molar-refractivity contribution in [3.8, 4) is 0 Å². The average Bonchev–Trinajstić information content (AvgIpc) is 2.92. The Morgan fingerprint density at radius 3 is 2.48 bits per heavy atom. The first kappa shape index (κ1) is 16.5. The Balaban J connectivity index is 2.16. The molecule has 2 heterocycles. The summed E-state index contributed by atoms with van der Waals surface area (Å²) in [6.07, 6.45) is 0. The number of aliphatic carboxylic acids is 1. The molecule has 0 bridgehead atoms. The van der Waals surface area contributed by atoms with Crippen molar-refractivity contribution in [2.45, 2.75) is 18.5 Å². The highest BCUT2D eigenvalue weighted by atomic mass is 35.5. The Morgan fingerprint density at radius 2 is 1.87 bits per heavy atom. The number of nitrogens with one attached hydrogen (secondary N) is 2. The first-order chi connectivity index (χ1) is 10.7. The van der Waals surface area contributed by atoms with Crippen molar-refractivity contribution in [3.63, 3.8) is 0 Å². The van der Waals surface area contributed by atoms with E-state index in [0.717, 1.165) is 0 Å². The molecule has 4 atom stereocenters. The van der Waals surface area contributed by atoms with Gasteiger partial charge in [0.15, 0.2) is 0 Å². The number of halogens is 3. The van der Waals surface area contributed by atoms with Crippen molar-refractivity contribution in [3.05, 3.63) is 32.8 Å². The SMILES string of the molecule is CC1(C(=O)O)NC(c2cc(Cl)cc(Cl)c2Cl)C2C(=O)NC(=O)C21. The fourth-order valence-electron chi connectivity index (χ4n) is 3.33. The van der Waals surface area contributed by atoms with E-state index in [1.165, 1.54) is 19.1 Å². The van der Waals surface area contributed by atoms with Crippen LogP contribution in [0.2, 0.25) is 15.1 Å². The van der Waals surface area contributed by atoms with Crippen molar-refractivity contribution in [2.24, 2.45) is 11.8 Å². The number of carboxylic acid groups (broad SMARTS) is 1. The molecular formula is C14H11Cl3N2O4. The molecule has 0 aliphatic carbocycles. The molecule has 0 radical (unpaired) electrons. The summed E-state index contributed by atoms with van der Waals surface area (Å²) in [6.45, 7) is 1.37. The van der Waals surface area contributed by atoms with Crippen LogP contribution in [-0.2, 0) is 14.4 Å². The number of fused-ring (bicyclic) bond motifs is 1. The fraction of sp³-hybridized carbons (Fsp3) is 0.357. The van der Waals surface area contributed by atoms with Gasteiger partial charge in [-0.15, -0.1) is 0 Å². The van der Waals surface area contributed by atoms with Crippen LogP contribution in [0.3, 0.4) is 0 Å². The Kier molecular flexibility index (Phi) is 3.84. The molecule has 23 heavy (non-hydrogen) atoms. The molecule has 2 saturated heterocycles. The van der Waals surface area contributed by atoms with E-state index in [9.17, 15) is 19.5 Å². The van der Waals surface area contributed by atoms with Gasteiger partial charge in [-0.1, -0.05) is 34.8 Å². The molecule has 2 fully saturated rings. The van der Waals surface area contributed by atoms with Crippen LogP contribution in [0.5, 0.6) is 0 Å². The van der Waals surface area contributed by atoms with E-state index in [2.05, 4.69) is 10.6 Å². The highest BCUT2D eigenvalue weighted by Crippen LogP contribution is 2.48. The van der Waals surface area contributed by atoms with Crippen molar-refractivity contribution < 1.29 is 19.5 Å². The summed E-state index contributed by atoms with van der Waals surface area (Å²) in [5.74, 6) is -4.36. The maximum Gasteiger partial charge on any atom is 0.324 e. The lowest BCUT2D eigenvalue weighted by Gasteiger charge is -2.25. The van der Waals surface area contributed by atoms with Crippen LogP contribution in [0.1, 0.15) is 18.5 Å². The lowest BCUT2D eigenvalue weighted by atomic mass is 9.80.